The van der Waals surface area contributed by atoms with Crippen molar-refractivity contribution in [3.63, 3.8) is 0 Å². The highest BCUT2D eigenvalue weighted by Crippen LogP contribution is 2.02. The Hall–Kier alpha value is -2.74. The Labute approximate surface area is 125 Å². The van der Waals surface area contributed by atoms with Crippen molar-refractivity contribution in [1.82, 2.24) is 14.7 Å². The van der Waals surface area contributed by atoms with Crippen LogP contribution >= 0.6 is 0 Å². The van der Waals surface area contributed by atoms with Gasteiger partial charge in [0.1, 0.15) is 11.2 Å². The van der Waals surface area contributed by atoms with Crippen LogP contribution in [0.4, 0.5) is 0 Å². The molecule has 22 heavy (non-hydrogen) atoms. The van der Waals surface area contributed by atoms with Gasteiger partial charge in [-0.05, 0) is 24.6 Å². The quantitative estimate of drug-likeness (QED) is 0.794. The van der Waals surface area contributed by atoms with Gasteiger partial charge in [0.15, 0.2) is 6.10 Å². The predicted octanol–water partition coefficient (Wildman–Crippen LogP) is -0.168. The Morgan fingerprint density at radius 1 is 1.50 bits per heavy atom. The van der Waals surface area contributed by atoms with Crippen molar-refractivity contribution < 1.29 is 19.4 Å². The number of hydrogen-bond donors (Lipinski definition) is 2. The van der Waals surface area contributed by atoms with Crippen molar-refractivity contribution >= 4 is 17.5 Å². The van der Waals surface area contributed by atoms with Crippen LogP contribution in [0.1, 0.15) is 15.9 Å². The number of methoxy groups -OCH3 is 1. The minimum absolute atomic E-state index is 0.165. The largest absolute Gasteiger partial charge is 0.479 e. The van der Waals surface area contributed by atoms with Gasteiger partial charge in [-0.15, -0.1) is 0 Å². The zero-order valence-corrected chi connectivity index (χ0v) is 12.1. The lowest BCUT2D eigenvalue weighted by atomic mass is 10.2. The van der Waals surface area contributed by atoms with Gasteiger partial charge in [0.05, 0.1) is 6.54 Å². The maximum atomic E-state index is 12.2. The molecule has 0 aliphatic rings. The summed E-state index contributed by atoms with van der Waals surface area (Å²) in [6.07, 6.45) is 1.53. The molecule has 1 unspecified atom stereocenters. The first-order valence-corrected chi connectivity index (χ1v) is 6.46. The first-order valence-electron chi connectivity index (χ1n) is 6.46. The van der Waals surface area contributed by atoms with E-state index in [2.05, 4.69) is 10.3 Å². The number of carboxylic acids is 1. The molecule has 1 amide bonds. The van der Waals surface area contributed by atoms with Gasteiger partial charge >= 0.3 is 5.97 Å². The monoisotopic (exact) mass is 305 g/mol. The number of nitrogens with zero attached hydrogens (tertiary/aromatic N) is 2. The highest BCUT2D eigenvalue weighted by atomic mass is 16.5. The van der Waals surface area contributed by atoms with E-state index in [0.29, 0.717) is 5.65 Å². The summed E-state index contributed by atoms with van der Waals surface area (Å²) in [5.41, 5.74) is 0.684. The molecule has 2 N–H and O–H groups in total. The van der Waals surface area contributed by atoms with E-state index >= 15 is 0 Å². The fourth-order valence-corrected chi connectivity index (χ4v) is 1.88. The Morgan fingerprint density at radius 3 is 2.86 bits per heavy atom. The molecule has 2 aromatic heterocycles. The lowest BCUT2D eigenvalue weighted by molar-refractivity contribution is -0.148. The van der Waals surface area contributed by atoms with Crippen molar-refractivity contribution in [3.8, 4) is 0 Å². The number of aromatic nitrogens is 2. The number of fused-ring (bicyclic) bond motifs is 1. The molecule has 0 bridgehead atoms. The van der Waals surface area contributed by atoms with Gasteiger partial charge in [0, 0.05) is 19.5 Å². The summed E-state index contributed by atoms with van der Waals surface area (Å²) in [6.45, 7) is 1.62. The van der Waals surface area contributed by atoms with Crippen LogP contribution in [0.15, 0.2) is 29.3 Å². The van der Waals surface area contributed by atoms with E-state index < -0.39 is 23.5 Å². The van der Waals surface area contributed by atoms with Gasteiger partial charge in [-0.3, -0.25) is 14.0 Å². The maximum absolute atomic E-state index is 12.2. The SMILES string of the molecule is COC(CNC(=O)c1cnc2cc(C)ccn2c1=O)C(=O)O. The average molecular weight is 305 g/mol. The van der Waals surface area contributed by atoms with E-state index in [1.165, 1.54) is 23.9 Å². The minimum atomic E-state index is -1.20. The Balaban J connectivity index is 2.25. The second-order valence-corrected chi connectivity index (χ2v) is 4.68. The van der Waals surface area contributed by atoms with Gasteiger partial charge in [-0.2, -0.15) is 0 Å². The van der Waals surface area contributed by atoms with E-state index in [9.17, 15) is 14.4 Å². The predicted molar refractivity (Wildman–Crippen MR) is 77.0 cm³/mol. The highest BCUT2D eigenvalue weighted by molar-refractivity contribution is 5.94. The standard InChI is InChI=1S/C14H15N3O5/c1-8-3-4-17-11(5-8)15-6-9(13(17)19)12(18)16-7-10(22-2)14(20)21/h3-6,10H,7H2,1-2H3,(H,16,18)(H,20,21). The number of pyridine rings is 1. The average Bonchev–Trinajstić information content (AvgIpc) is 2.47. The third-order valence-electron chi connectivity index (χ3n) is 3.12. The number of aryl methyl sites for hydroxylation is 1. The van der Waals surface area contributed by atoms with Gasteiger partial charge in [0.2, 0.25) is 0 Å². The number of aliphatic carboxylic acids is 1. The van der Waals surface area contributed by atoms with Crippen molar-refractivity contribution in [2.75, 3.05) is 13.7 Å². The summed E-state index contributed by atoms with van der Waals surface area (Å²) in [6, 6.07) is 3.44. The molecule has 0 aliphatic carbocycles. The first kappa shape index (κ1) is 15.6. The number of carboxylic acid groups (broad SMARTS) is 1. The highest BCUT2D eigenvalue weighted by Gasteiger charge is 2.19. The zero-order chi connectivity index (χ0) is 16.3. The third-order valence-corrected chi connectivity index (χ3v) is 3.12. The molecular weight excluding hydrogens is 290 g/mol. The van der Waals surface area contributed by atoms with E-state index in [-0.39, 0.29) is 12.1 Å². The summed E-state index contributed by atoms with van der Waals surface area (Å²) >= 11 is 0. The maximum Gasteiger partial charge on any atom is 0.334 e. The minimum Gasteiger partial charge on any atom is -0.479 e. The molecule has 0 fully saturated rings. The van der Waals surface area contributed by atoms with E-state index in [1.807, 2.05) is 6.92 Å². The molecule has 8 nitrogen and oxygen atoms in total. The Kier molecular flexibility index (Phi) is 4.52. The van der Waals surface area contributed by atoms with Crippen LogP contribution in [-0.2, 0) is 9.53 Å². The molecule has 2 heterocycles. The summed E-state index contributed by atoms with van der Waals surface area (Å²) in [7, 11) is 1.22. The number of carbonyl (C=O) groups is 2. The van der Waals surface area contributed by atoms with Crippen LogP contribution in [0.2, 0.25) is 0 Å². The molecule has 0 saturated heterocycles. The van der Waals surface area contributed by atoms with Crippen LogP contribution < -0.4 is 10.9 Å². The van der Waals surface area contributed by atoms with Crippen LogP contribution in [-0.4, -0.2) is 46.1 Å². The van der Waals surface area contributed by atoms with Gasteiger partial charge in [-0.25, -0.2) is 9.78 Å². The number of carbonyl (C=O) groups excluding carboxylic acids is 1. The van der Waals surface area contributed by atoms with Crippen LogP contribution in [0, 0.1) is 6.92 Å². The number of hydrogen-bond acceptors (Lipinski definition) is 5. The lowest BCUT2D eigenvalue weighted by Crippen LogP contribution is -2.40. The molecule has 0 spiro atoms. The Bertz CT molecular complexity index is 784. The molecule has 0 radical (unpaired) electrons. The smallest absolute Gasteiger partial charge is 0.334 e. The fraction of sp³-hybridized carbons (Fsp3) is 0.286. The van der Waals surface area contributed by atoms with Gasteiger partial charge < -0.3 is 15.2 Å². The topological polar surface area (TPSA) is 110 Å². The summed E-state index contributed by atoms with van der Waals surface area (Å²) in [4.78, 5) is 39.1. The fourth-order valence-electron chi connectivity index (χ4n) is 1.88. The van der Waals surface area contributed by atoms with Crippen LogP contribution in [0.25, 0.3) is 5.65 Å². The van der Waals surface area contributed by atoms with E-state index in [0.717, 1.165) is 5.56 Å². The molecule has 2 rings (SSSR count). The van der Waals surface area contributed by atoms with E-state index in [4.69, 9.17) is 9.84 Å². The number of nitrogens with one attached hydrogen (secondary N) is 1. The zero-order valence-electron chi connectivity index (χ0n) is 12.1. The second-order valence-electron chi connectivity index (χ2n) is 4.68. The van der Waals surface area contributed by atoms with Crippen molar-refractivity contribution in [3.05, 3.63) is 46.0 Å². The van der Waals surface area contributed by atoms with Gasteiger partial charge in [0.25, 0.3) is 11.5 Å². The molecule has 1 atom stereocenters. The normalized spacial score (nSPS) is 12.1. The van der Waals surface area contributed by atoms with Crippen LogP contribution in [0.3, 0.4) is 0 Å². The third kappa shape index (κ3) is 3.12. The number of amides is 1. The lowest BCUT2D eigenvalue weighted by Gasteiger charge is -2.11. The van der Waals surface area contributed by atoms with Crippen molar-refractivity contribution in [2.24, 2.45) is 0 Å². The summed E-state index contributed by atoms with van der Waals surface area (Å²) in [5.74, 6) is -1.90. The Morgan fingerprint density at radius 2 is 2.23 bits per heavy atom. The number of rotatable bonds is 5. The molecular formula is C14H15N3O5. The molecule has 2 aromatic rings. The summed E-state index contributed by atoms with van der Waals surface area (Å²) in [5, 5.41) is 11.2. The molecule has 0 aliphatic heterocycles. The van der Waals surface area contributed by atoms with E-state index in [1.54, 1.807) is 12.1 Å². The first-order chi connectivity index (χ1) is 10.4. The van der Waals surface area contributed by atoms with Crippen molar-refractivity contribution in [1.29, 1.82) is 0 Å². The van der Waals surface area contributed by atoms with Crippen molar-refractivity contribution in [2.45, 2.75) is 13.0 Å². The molecule has 8 heteroatoms. The number of ether oxygens (including phenoxy) is 1. The molecule has 116 valence electrons. The summed E-state index contributed by atoms with van der Waals surface area (Å²) < 4.78 is 5.96. The van der Waals surface area contributed by atoms with Gasteiger partial charge in [-0.1, -0.05) is 0 Å². The molecule has 0 saturated carbocycles. The molecule has 0 aromatic carbocycles. The second kappa shape index (κ2) is 6.35. The van der Waals surface area contributed by atoms with Crippen LogP contribution in [0.5, 0.6) is 0 Å².